The Morgan fingerprint density at radius 1 is 1.35 bits per heavy atom. The van der Waals surface area contributed by atoms with E-state index in [9.17, 15) is 0 Å². The number of nitrogen functional groups attached to an aromatic ring is 1. The van der Waals surface area contributed by atoms with Gasteiger partial charge in [-0.05, 0) is 24.5 Å². The van der Waals surface area contributed by atoms with E-state index in [0.29, 0.717) is 0 Å². The summed E-state index contributed by atoms with van der Waals surface area (Å²) in [5, 5.41) is 7.65. The first-order valence-corrected chi connectivity index (χ1v) is 5.87. The zero-order chi connectivity index (χ0) is 13.2. The average molecular weight is 233 g/mol. The van der Waals surface area contributed by atoms with Crippen LogP contribution in [-0.4, -0.2) is 19.4 Å². The summed E-state index contributed by atoms with van der Waals surface area (Å²) in [5.41, 5.74) is 8.83. The number of amidine groups is 1. The third kappa shape index (κ3) is 3.77. The second-order valence-corrected chi connectivity index (χ2v) is 5.85. The van der Waals surface area contributed by atoms with Gasteiger partial charge in [0.1, 0.15) is 5.84 Å². The van der Waals surface area contributed by atoms with Crippen molar-refractivity contribution in [3.63, 3.8) is 0 Å². The summed E-state index contributed by atoms with van der Waals surface area (Å²) in [6.07, 6.45) is 0. The molecule has 0 aliphatic heterocycles. The van der Waals surface area contributed by atoms with E-state index >= 15 is 0 Å². The molecule has 0 aromatic heterocycles. The van der Waals surface area contributed by atoms with Crippen LogP contribution in [0.1, 0.15) is 31.9 Å². The molecule has 1 rings (SSSR count). The van der Waals surface area contributed by atoms with Crippen molar-refractivity contribution in [1.29, 1.82) is 5.41 Å². The minimum Gasteiger partial charge on any atom is -0.384 e. The Bertz CT molecular complexity index is 416. The summed E-state index contributed by atoms with van der Waals surface area (Å²) in [7, 11) is 2.04. The largest absolute Gasteiger partial charge is 0.384 e. The Balaban J connectivity index is 3.09. The van der Waals surface area contributed by atoms with Crippen LogP contribution in [0.3, 0.4) is 0 Å². The summed E-state index contributed by atoms with van der Waals surface area (Å²) in [4.78, 5) is 2.16. The van der Waals surface area contributed by atoms with E-state index in [-0.39, 0.29) is 11.3 Å². The van der Waals surface area contributed by atoms with Crippen LogP contribution in [-0.2, 0) is 0 Å². The Morgan fingerprint density at radius 3 is 2.41 bits per heavy atom. The number of anilines is 1. The van der Waals surface area contributed by atoms with E-state index in [0.717, 1.165) is 23.4 Å². The van der Waals surface area contributed by atoms with Gasteiger partial charge in [0, 0.05) is 24.8 Å². The van der Waals surface area contributed by atoms with E-state index in [1.165, 1.54) is 0 Å². The monoisotopic (exact) mass is 233 g/mol. The van der Waals surface area contributed by atoms with Gasteiger partial charge in [-0.25, -0.2) is 0 Å². The number of aryl methyl sites for hydroxylation is 1. The second kappa shape index (κ2) is 4.78. The molecule has 0 radical (unpaired) electrons. The normalized spacial score (nSPS) is 11.4. The van der Waals surface area contributed by atoms with Gasteiger partial charge in [0.15, 0.2) is 0 Å². The SMILES string of the molecule is Cc1ccc(N(C)CC(C)(C)C)c(C(=N)N)c1. The van der Waals surface area contributed by atoms with Gasteiger partial charge < -0.3 is 10.6 Å². The average Bonchev–Trinajstić information content (AvgIpc) is 2.14. The summed E-state index contributed by atoms with van der Waals surface area (Å²) in [5.74, 6) is 0.129. The number of hydrogen-bond donors (Lipinski definition) is 2. The fourth-order valence-corrected chi connectivity index (χ4v) is 2.00. The molecule has 1 aromatic rings. The van der Waals surface area contributed by atoms with Crippen molar-refractivity contribution in [3.05, 3.63) is 29.3 Å². The lowest BCUT2D eigenvalue weighted by Crippen LogP contribution is -2.31. The fourth-order valence-electron chi connectivity index (χ4n) is 2.00. The number of hydrogen-bond acceptors (Lipinski definition) is 2. The van der Waals surface area contributed by atoms with E-state index in [2.05, 4.69) is 31.7 Å². The summed E-state index contributed by atoms with van der Waals surface area (Å²) >= 11 is 0. The lowest BCUT2D eigenvalue weighted by Gasteiger charge is -2.29. The van der Waals surface area contributed by atoms with Gasteiger partial charge in [0.25, 0.3) is 0 Å². The fraction of sp³-hybridized carbons (Fsp3) is 0.500. The van der Waals surface area contributed by atoms with Gasteiger partial charge in [-0.1, -0.05) is 32.4 Å². The highest BCUT2D eigenvalue weighted by atomic mass is 15.1. The van der Waals surface area contributed by atoms with Crippen molar-refractivity contribution in [3.8, 4) is 0 Å². The second-order valence-electron chi connectivity index (χ2n) is 5.85. The van der Waals surface area contributed by atoms with Crippen LogP contribution in [0.5, 0.6) is 0 Å². The maximum atomic E-state index is 7.65. The summed E-state index contributed by atoms with van der Waals surface area (Å²) < 4.78 is 0. The van der Waals surface area contributed by atoms with E-state index in [4.69, 9.17) is 11.1 Å². The van der Waals surface area contributed by atoms with E-state index < -0.39 is 0 Å². The topological polar surface area (TPSA) is 53.1 Å². The lowest BCUT2D eigenvalue weighted by atomic mass is 9.95. The minimum atomic E-state index is 0.129. The number of rotatable bonds is 3. The van der Waals surface area contributed by atoms with E-state index in [1.54, 1.807) is 0 Å². The Morgan fingerprint density at radius 2 is 1.94 bits per heavy atom. The molecule has 0 saturated carbocycles. The molecular weight excluding hydrogens is 210 g/mol. The van der Waals surface area contributed by atoms with Crippen molar-refractivity contribution in [2.24, 2.45) is 11.1 Å². The molecule has 0 atom stereocenters. The van der Waals surface area contributed by atoms with Crippen molar-refractivity contribution >= 4 is 11.5 Å². The number of benzene rings is 1. The molecule has 0 heterocycles. The maximum absolute atomic E-state index is 7.65. The zero-order valence-corrected chi connectivity index (χ0v) is 11.5. The first kappa shape index (κ1) is 13.6. The quantitative estimate of drug-likeness (QED) is 0.623. The van der Waals surface area contributed by atoms with Crippen LogP contribution >= 0.6 is 0 Å². The maximum Gasteiger partial charge on any atom is 0.124 e. The number of nitrogens with one attached hydrogen (secondary N) is 1. The highest BCUT2D eigenvalue weighted by Crippen LogP contribution is 2.24. The van der Waals surface area contributed by atoms with Crippen LogP contribution in [0.4, 0.5) is 5.69 Å². The Kier molecular flexibility index (Phi) is 3.81. The first-order valence-electron chi connectivity index (χ1n) is 5.87. The molecule has 94 valence electrons. The standard InChI is InChI=1S/C14H23N3/c1-10-6-7-12(11(8-10)13(15)16)17(5)9-14(2,3)4/h6-8H,9H2,1-5H3,(H3,15,16). The van der Waals surface area contributed by atoms with Crippen molar-refractivity contribution in [1.82, 2.24) is 0 Å². The van der Waals surface area contributed by atoms with Gasteiger partial charge in [-0.2, -0.15) is 0 Å². The highest BCUT2D eigenvalue weighted by Gasteiger charge is 2.16. The molecule has 17 heavy (non-hydrogen) atoms. The Labute approximate surface area is 104 Å². The van der Waals surface area contributed by atoms with Crippen LogP contribution in [0.15, 0.2) is 18.2 Å². The van der Waals surface area contributed by atoms with Crippen molar-refractivity contribution in [2.75, 3.05) is 18.5 Å². The summed E-state index contributed by atoms with van der Waals surface area (Å²) in [6.45, 7) is 9.54. The molecule has 0 bridgehead atoms. The molecule has 0 unspecified atom stereocenters. The molecule has 0 saturated heterocycles. The van der Waals surface area contributed by atoms with Gasteiger partial charge in [0.05, 0.1) is 0 Å². The minimum absolute atomic E-state index is 0.129. The third-order valence-corrected chi connectivity index (χ3v) is 2.56. The van der Waals surface area contributed by atoms with Crippen LogP contribution < -0.4 is 10.6 Å². The van der Waals surface area contributed by atoms with E-state index in [1.807, 2.05) is 26.1 Å². The lowest BCUT2D eigenvalue weighted by molar-refractivity contribution is 0.419. The molecule has 3 N–H and O–H groups in total. The molecule has 0 aliphatic carbocycles. The molecule has 0 amide bonds. The summed E-state index contributed by atoms with van der Waals surface area (Å²) in [6, 6.07) is 6.07. The van der Waals surface area contributed by atoms with Crippen molar-refractivity contribution < 1.29 is 0 Å². The molecule has 0 fully saturated rings. The number of nitrogens with zero attached hydrogens (tertiary/aromatic N) is 1. The first-order chi connectivity index (χ1) is 7.70. The highest BCUT2D eigenvalue weighted by molar-refractivity contribution is 6.00. The van der Waals surface area contributed by atoms with Gasteiger partial charge >= 0.3 is 0 Å². The third-order valence-electron chi connectivity index (χ3n) is 2.56. The molecule has 1 aromatic carbocycles. The van der Waals surface area contributed by atoms with Gasteiger partial charge in [-0.3, -0.25) is 5.41 Å². The molecule has 0 aliphatic rings. The van der Waals surface area contributed by atoms with Gasteiger partial charge in [0.2, 0.25) is 0 Å². The molecule has 3 heteroatoms. The van der Waals surface area contributed by atoms with Crippen LogP contribution in [0, 0.1) is 17.7 Å². The van der Waals surface area contributed by atoms with Crippen molar-refractivity contribution in [2.45, 2.75) is 27.7 Å². The molecule has 3 nitrogen and oxygen atoms in total. The van der Waals surface area contributed by atoms with Crippen LogP contribution in [0.25, 0.3) is 0 Å². The van der Waals surface area contributed by atoms with Gasteiger partial charge in [-0.15, -0.1) is 0 Å². The predicted molar refractivity (Wildman–Crippen MR) is 74.9 cm³/mol. The predicted octanol–water partition coefficient (Wildman–Crippen LogP) is 2.76. The zero-order valence-electron chi connectivity index (χ0n) is 11.5. The Hall–Kier alpha value is -1.51. The number of nitrogens with two attached hydrogens (primary N) is 1. The molecule has 0 spiro atoms. The molecular formula is C14H23N3. The smallest absolute Gasteiger partial charge is 0.124 e. The van der Waals surface area contributed by atoms with Crippen LogP contribution in [0.2, 0.25) is 0 Å².